The standard InChI is InChI=1S/C14H21NO/c1-4-7-9-14-13(6-3)12(8-5-2)10-15(14)11-16/h5-6,8,11,14H,3-4,7,9-10H2,1-2H3/b8-5-. The van der Waals surface area contributed by atoms with Crippen LogP contribution in [0.2, 0.25) is 0 Å². The number of nitrogens with zero attached hydrogens (tertiary/aromatic N) is 1. The molecule has 1 atom stereocenters. The molecule has 1 aliphatic rings. The van der Waals surface area contributed by atoms with E-state index in [1.54, 1.807) is 0 Å². The van der Waals surface area contributed by atoms with Crippen molar-refractivity contribution in [2.24, 2.45) is 0 Å². The van der Waals surface area contributed by atoms with Crippen LogP contribution < -0.4 is 0 Å². The Labute approximate surface area is 98.3 Å². The predicted octanol–water partition coefficient (Wildman–Crippen LogP) is 3.08. The van der Waals surface area contributed by atoms with Crippen molar-refractivity contribution in [1.29, 1.82) is 0 Å². The minimum absolute atomic E-state index is 0.237. The SMILES string of the molecule is C=CC1=C(/C=C\C)CN(C=O)C1CCCC. The quantitative estimate of drug-likeness (QED) is 0.629. The van der Waals surface area contributed by atoms with E-state index in [1.807, 2.05) is 24.0 Å². The second kappa shape index (κ2) is 6.31. The van der Waals surface area contributed by atoms with Crippen molar-refractivity contribution in [1.82, 2.24) is 4.90 Å². The minimum Gasteiger partial charge on any atom is -0.334 e. The van der Waals surface area contributed by atoms with Gasteiger partial charge in [-0.25, -0.2) is 0 Å². The monoisotopic (exact) mass is 219 g/mol. The van der Waals surface area contributed by atoms with E-state index < -0.39 is 0 Å². The highest BCUT2D eigenvalue weighted by atomic mass is 16.1. The average molecular weight is 219 g/mol. The zero-order valence-electron chi connectivity index (χ0n) is 10.3. The third kappa shape index (κ3) is 2.63. The zero-order valence-corrected chi connectivity index (χ0v) is 10.3. The van der Waals surface area contributed by atoms with Gasteiger partial charge < -0.3 is 4.90 Å². The van der Waals surface area contributed by atoms with Gasteiger partial charge in [0.05, 0.1) is 6.04 Å². The van der Waals surface area contributed by atoms with E-state index in [2.05, 4.69) is 19.6 Å². The molecule has 0 saturated carbocycles. The van der Waals surface area contributed by atoms with E-state index >= 15 is 0 Å². The Hall–Kier alpha value is -1.31. The normalized spacial score (nSPS) is 20.9. The second-order valence-corrected chi connectivity index (χ2v) is 4.12. The highest BCUT2D eigenvalue weighted by molar-refractivity contribution is 5.56. The molecule has 1 unspecified atom stereocenters. The lowest BCUT2D eigenvalue weighted by Crippen LogP contribution is -2.30. The summed E-state index contributed by atoms with van der Waals surface area (Å²) in [5.74, 6) is 0. The topological polar surface area (TPSA) is 20.3 Å². The molecule has 1 aliphatic heterocycles. The summed E-state index contributed by atoms with van der Waals surface area (Å²) in [6.45, 7) is 8.76. The first-order valence-corrected chi connectivity index (χ1v) is 5.97. The van der Waals surface area contributed by atoms with Crippen LogP contribution in [0, 0.1) is 0 Å². The Morgan fingerprint density at radius 2 is 2.31 bits per heavy atom. The zero-order chi connectivity index (χ0) is 12.0. The first-order valence-electron chi connectivity index (χ1n) is 5.97. The van der Waals surface area contributed by atoms with Crippen molar-refractivity contribution in [3.8, 4) is 0 Å². The summed E-state index contributed by atoms with van der Waals surface area (Å²) in [4.78, 5) is 12.9. The number of amides is 1. The van der Waals surface area contributed by atoms with Crippen LogP contribution in [-0.2, 0) is 4.79 Å². The molecule has 0 aliphatic carbocycles. The van der Waals surface area contributed by atoms with Gasteiger partial charge in [-0.05, 0) is 24.5 Å². The van der Waals surface area contributed by atoms with Crippen molar-refractivity contribution in [3.63, 3.8) is 0 Å². The van der Waals surface area contributed by atoms with Gasteiger partial charge >= 0.3 is 0 Å². The number of unbranched alkanes of at least 4 members (excludes halogenated alkanes) is 1. The van der Waals surface area contributed by atoms with Crippen molar-refractivity contribution < 1.29 is 4.79 Å². The lowest BCUT2D eigenvalue weighted by atomic mass is 10.00. The second-order valence-electron chi connectivity index (χ2n) is 4.12. The van der Waals surface area contributed by atoms with E-state index in [0.717, 1.165) is 32.2 Å². The van der Waals surface area contributed by atoms with Gasteiger partial charge in [-0.1, -0.05) is 44.6 Å². The molecule has 0 aromatic carbocycles. The molecule has 1 heterocycles. The summed E-state index contributed by atoms with van der Waals surface area (Å²) in [5.41, 5.74) is 2.45. The van der Waals surface area contributed by atoms with E-state index in [-0.39, 0.29) is 6.04 Å². The molecule has 2 nitrogen and oxygen atoms in total. The number of carbonyl (C=O) groups excluding carboxylic acids is 1. The molecule has 0 aromatic rings. The Balaban J connectivity index is 2.89. The summed E-state index contributed by atoms with van der Waals surface area (Å²) in [6, 6.07) is 0.237. The molecule has 88 valence electrons. The number of carbonyl (C=O) groups is 1. The molecule has 16 heavy (non-hydrogen) atoms. The largest absolute Gasteiger partial charge is 0.334 e. The van der Waals surface area contributed by atoms with Crippen molar-refractivity contribution in [2.75, 3.05) is 6.54 Å². The molecular weight excluding hydrogens is 198 g/mol. The number of allylic oxidation sites excluding steroid dienone is 1. The van der Waals surface area contributed by atoms with Gasteiger partial charge in [-0.2, -0.15) is 0 Å². The molecule has 2 heteroatoms. The van der Waals surface area contributed by atoms with Crippen LogP contribution >= 0.6 is 0 Å². The molecule has 1 rings (SSSR count). The maximum absolute atomic E-state index is 11.0. The molecule has 0 N–H and O–H groups in total. The summed E-state index contributed by atoms with van der Waals surface area (Å²) >= 11 is 0. The van der Waals surface area contributed by atoms with Crippen LogP contribution in [0.1, 0.15) is 33.1 Å². The average Bonchev–Trinajstić information content (AvgIpc) is 2.64. The van der Waals surface area contributed by atoms with Crippen LogP contribution in [0.5, 0.6) is 0 Å². The lowest BCUT2D eigenvalue weighted by Gasteiger charge is -2.21. The van der Waals surface area contributed by atoms with E-state index in [0.29, 0.717) is 0 Å². The predicted molar refractivity (Wildman–Crippen MR) is 68.1 cm³/mol. The smallest absolute Gasteiger partial charge is 0.210 e. The Bertz CT molecular complexity index is 315. The van der Waals surface area contributed by atoms with Gasteiger partial charge in [-0.3, -0.25) is 4.79 Å². The third-order valence-corrected chi connectivity index (χ3v) is 3.04. The van der Waals surface area contributed by atoms with Crippen LogP contribution in [0.15, 0.2) is 36.0 Å². The Kier molecular flexibility index (Phi) is 5.03. The van der Waals surface area contributed by atoms with E-state index in [4.69, 9.17) is 0 Å². The van der Waals surface area contributed by atoms with Gasteiger partial charge in [0.1, 0.15) is 0 Å². The highest BCUT2D eigenvalue weighted by Gasteiger charge is 2.28. The minimum atomic E-state index is 0.237. The fourth-order valence-corrected chi connectivity index (χ4v) is 2.24. The van der Waals surface area contributed by atoms with Crippen LogP contribution in [0.25, 0.3) is 0 Å². The van der Waals surface area contributed by atoms with E-state index in [1.165, 1.54) is 11.1 Å². The lowest BCUT2D eigenvalue weighted by molar-refractivity contribution is -0.118. The maximum atomic E-state index is 11.0. The number of hydrogen-bond acceptors (Lipinski definition) is 1. The molecule has 0 radical (unpaired) electrons. The van der Waals surface area contributed by atoms with Gasteiger partial charge in [0, 0.05) is 6.54 Å². The van der Waals surface area contributed by atoms with Gasteiger partial charge in [0.2, 0.25) is 6.41 Å². The third-order valence-electron chi connectivity index (χ3n) is 3.04. The molecule has 1 amide bonds. The maximum Gasteiger partial charge on any atom is 0.210 e. The molecule has 0 aromatic heterocycles. The fourth-order valence-electron chi connectivity index (χ4n) is 2.24. The molecule has 0 saturated heterocycles. The van der Waals surface area contributed by atoms with Crippen LogP contribution in [0.4, 0.5) is 0 Å². The fraction of sp³-hybridized carbons (Fsp3) is 0.500. The molecule has 0 fully saturated rings. The molecule has 0 bridgehead atoms. The Morgan fingerprint density at radius 1 is 1.56 bits per heavy atom. The van der Waals surface area contributed by atoms with E-state index in [9.17, 15) is 4.79 Å². The number of hydrogen-bond donors (Lipinski definition) is 0. The number of rotatable bonds is 6. The van der Waals surface area contributed by atoms with Gasteiger partial charge in [0.15, 0.2) is 0 Å². The first-order chi connectivity index (χ1) is 7.78. The molecule has 0 spiro atoms. The summed E-state index contributed by atoms with van der Waals surface area (Å²) in [7, 11) is 0. The summed E-state index contributed by atoms with van der Waals surface area (Å²) < 4.78 is 0. The van der Waals surface area contributed by atoms with Gasteiger partial charge in [0.25, 0.3) is 0 Å². The van der Waals surface area contributed by atoms with Gasteiger partial charge in [-0.15, -0.1) is 0 Å². The summed E-state index contributed by atoms with van der Waals surface area (Å²) in [5, 5.41) is 0. The first kappa shape index (κ1) is 12.8. The molecular formula is C14H21NO. The van der Waals surface area contributed by atoms with Crippen molar-refractivity contribution in [2.45, 2.75) is 39.2 Å². The van der Waals surface area contributed by atoms with Crippen molar-refractivity contribution >= 4 is 6.41 Å². The van der Waals surface area contributed by atoms with Crippen molar-refractivity contribution in [3.05, 3.63) is 36.0 Å². The van der Waals surface area contributed by atoms with Crippen LogP contribution in [0.3, 0.4) is 0 Å². The Morgan fingerprint density at radius 3 is 2.81 bits per heavy atom. The highest BCUT2D eigenvalue weighted by Crippen LogP contribution is 2.28. The van der Waals surface area contributed by atoms with Crippen LogP contribution in [-0.4, -0.2) is 23.9 Å². The summed E-state index contributed by atoms with van der Waals surface area (Å²) in [6.07, 6.45) is 10.3.